The van der Waals surface area contributed by atoms with Gasteiger partial charge in [-0.2, -0.15) is 5.26 Å². The van der Waals surface area contributed by atoms with Crippen LogP contribution in [0.1, 0.15) is 11.1 Å². The minimum atomic E-state index is -0.648. The highest BCUT2D eigenvalue weighted by Crippen LogP contribution is 2.16. The maximum Gasteiger partial charge on any atom is 0.350 e. The van der Waals surface area contributed by atoms with Crippen molar-refractivity contribution in [1.82, 2.24) is 0 Å². The first-order valence-electron chi connectivity index (χ1n) is 5.11. The van der Waals surface area contributed by atoms with E-state index in [2.05, 4.69) is 10.1 Å². The smallest absolute Gasteiger partial charge is 0.350 e. The molecule has 0 unspecified atom stereocenters. The molecule has 0 spiro atoms. The zero-order valence-electron chi connectivity index (χ0n) is 10.1. The monoisotopic (exact) mass is 230 g/mol. The Hall–Kier alpha value is -2.28. The normalized spacial score (nSPS) is 10.6. The van der Waals surface area contributed by atoms with Gasteiger partial charge in [0.2, 0.25) is 0 Å². The van der Waals surface area contributed by atoms with Gasteiger partial charge in [-0.1, -0.05) is 17.7 Å². The fourth-order valence-corrected chi connectivity index (χ4v) is 1.37. The van der Waals surface area contributed by atoms with E-state index in [0.29, 0.717) is 0 Å². The molecule has 1 rings (SSSR count). The van der Waals surface area contributed by atoms with Gasteiger partial charge in [0.05, 0.1) is 7.11 Å². The van der Waals surface area contributed by atoms with Crippen molar-refractivity contribution in [3.8, 4) is 6.07 Å². The molecule has 0 aliphatic heterocycles. The van der Waals surface area contributed by atoms with E-state index in [1.807, 2.05) is 32.0 Å². The van der Waals surface area contributed by atoms with Gasteiger partial charge in [-0.05, 0) is 25.5 Å². The van der Waals surface area contributed by atoms with Gasteiger partial charge in [0.1, 0.15) is 6.07 Å². The molecule has 0 fully saturated rings. The van der Waals surface area contributed by atoms with E-state index in [1.54, 1.807) is 6.07 Å². The Kier molecular flexibility index (Phi) is 4.29. The van der Waals surface area contributed by atoms with Crippen LogP contribution in [0.15, 0.2) is 30.0 Å². The number of carbonyl (C=O) groups excluding carboxylic acids is 1. The summed E-state index contributed by atoms with van der Waals surface area (Å²) < 4.78 is 4.47. The molecular formula is C13H14N2O2. The molecule has 1 aromatic rings. The van der Waals surface area contributed by atoms with Crippen LogP contribution in [-0.2, 0) is 9.53 Å². The summed E-state index contributed by atoms with van der Waals surface area (Å²) >= 11 is 0. The summed E-state index contributed by atoms with van der Waals surface area (Å²) in [5.41, 5.74) is 2.99. The molecule has 0 aromatic heterocycles. The van der Waals surface area contributed by atoms with Crippen LogP contribution < -0.4 is 5.32 Å². The van der Waals surface area contributed by atoms with E-state index in [-0.39, 0.29) is 5.57 Å². The lowest BCUT2D eigenvalue weighted by molar-refractivity contribution is -0.135. The molecule has 0 radical (unpaired) electrons. The van der Waals surface area contributed by atoms with Gasteiger partial charge in [0.15, 0.2) is 5.57 Å². The standard InChI is InChI=1S/C13H14N2O2/c1-9-4-5-12(10(2)6-9)15-8-11(7-14)13(16)17-3/h4-6,8,15H,1-3H3/b11-8-. The Labute approximate surface area is 101 Å². The molecule has 0 saturated heterocycles. The topological polar surface area (TPSA) is 62.1 Å². The lowest BCUT2D eigenvalue weighted by Crippen LogP contribution is -2.05. The number of esters is 1. The Balaban J connectivity index is 2.88. The molecule has 17 heavy (non-hydrogen) atoms. The number of hydrogen-bond acceptors (Lipinski definition) is 4. The number of nitrogens with one attached hydrogen (secondary N) is 1. The molecular weight excluding hydrogens is 216 g/mol. The Morgan fingerprint density at radius 3 is 2.71 bits per heavy atom. The van der Waals surface area contributed by atoms with Crippen LogP contribution in [0.2, 0.25) is 0 Å². The largest absolute Gasteiger partial charge is 0.465 e. The van der Waals surface area contributed by atoms with Crippen molar-refractivity contribution in [3.63, 3.8) is 0 Å². The highest BCUT2D eigenvalue weighted by molar-refractivity contribution is 5.93. The molecule has 1 N–H and O–H groups in total. The number of anilines is 1. The van der Waals surface area contributed by atoms with Gasteiger partial charge in [-0.15, -0.1) is 0 Å². The lowest BCUT2D eigenvalue weighted by atomic mass is 10.1. The van der Waals surface area contributed by atoms with E-state index in [1.165, 1.54) is 13.3 Å². The molecule has 0 saturated carbocycles. The van der Waals surface area contributed by atoms with Crippen molar-refractivity contribution in [1.29, 1.82) is 5.26 Å². The molecule has 0 aliphatic carbocycles. The molecule has 0 atom stereocenters. The number of benzene rings is 1. The zero-order chi connectivity index (χ0) is 12.8. The Morgan fingerprint density at radius 2 is 2.18 bits per heavy atom. The molecule has 0 aliphatic rings. The van der Waals surface area contributed by atoms with Crippen molar-refractivity contribution in [2.45, 2.75) is 13.8 Å². The lowest BCUT2D eigenvalue weighted by Gasteiger charge is -2.06. The van der Waals surface area contributed by atoms with Crippen molar-refractivity contribution < 1.29 is 9.53 Å². The van der Waals surface area contributed by atoms with Crippen molar-refractivity contribution >= 4 is 11.7 Å². The van der Waals surface area contributed by atoms with E-state index < -0.39 is 5.97 Å². The number of hydrogen-bond donors (Lipinski definition) is 1. The van der Waals surface area contributed by atoms with Crippen LogP contribution in [0.4, 0.5) is 5.69 Å². The second kappa shape index (κ2) is 5.71. The minimum Gasteiger partial charge on any atom is -0.465 e. The molecule has 4 heteroatoms. The van der Waals surface area contributed by atoms with Gasteiger partial charge in [0.25, 0.3) is 0 Å². The molecule has 0 bridgehead atoms. The predicted molar refractivity (Wildman–Crippen MR) is 65.3 cm³/mol. The summed E-state index contributed by atoms with van der Waals surface area (Å²) in [5, 5.41) is 11.7. The predicted octanol–water partition coefficient (Wildman–Crippen LogP) is 2.30. The average molecular weight is 230 g/mol. The maximum absolute atomic E-state index is 11.2. The second-order valence-electron chi connectivity index (χ2n) is 3.62. The fourth-order valence-electron chi connectivity index (χ4n) is 1.37. The third-order valence-electron chi connectivity index (χ3n) is 2.28. The van der Waals surface area contributed by atoms with Crippen LogP contribution in [0.25, 0.3) is 0 Å². The van der Waals surface area contributed by atoms with Crippen LogP contribution in [0.3, 0.4) is 0 Å². The quantitative estimate of drug-likeness (QED) is 0.491. The highest BCUT2D eigenvalue weighted by Gasteiger charge is 2.08. The Bertz CT molecular complexity index is 499. The number of methoxy groups -OCH3 is 1. The van der Waals surface area contributed by atoms with Crippen molar-refractivity contribution in [2.24, 2.45) is 0 Å². The van der Waals surface area contributed by atoms with E-state index in [4.69, 9.17) is 5.26 Å². The van der Waals surface area contributed by atoms with Crippen LogP contribution in [-0.4, -0.2) is 13.1 Å². The summed E-state index contributed by atoms with van der Waals surface area (Å²) in [4.78, 5) is 11.2. The third kappa shape index (κ3) is 3.35. The first-order valence-corrected chi connectivity index (χ1v) is 5.11. The van der Waals surface area contributed by atoms with Crippen LogP contribution >= 0.6 is 0 Å². The maximum atomic E-state index is 11.2. The summed E-state index contributed by atoms with van der Waals surface area (Å²) in [6.45, 7) is 3.95. The van der Waals surface area contributed by atoms with Crippen LogP contribution in [0, 0.1) is 25.2 Å². The third-order valence-corrected chi connectivity index (χ3v) is 2.28. The van der Waals surface area contributed by atoms with Crippen molar-refractivity contribution in [2.75, 3.05) is 12.4 Å². The summed E-state index contributed by atoms with van der Waals surface area (Å²) in [6, 6.07) is 7.64. The summed E-state index contributed by atoms with van der Waals surface area (Å²) in [6.07, 6.45) is 1.35. The SMILES string of the molecule is COC(=O)/C(C#N)=C\Nc1ccc(C)cc1C. The first-order chi connectivity index (χ1) is 8.08. The molecule has 88 valence electrons. The molecule has 0 amide bonds. The minimum absolute atomic E-state index is 0.0625. The zero-order valence-corrected chi connectivity index (χ0v) is 10.1. The van der Waals surface area contributed by atoms with E-state index in [0.717, 1.165) is 16.8 Å². The highest BCUT2D eigenvalue weighted by atomic mass is 16.5. The summed E-state index contributed by atoms with van der Waals surface area (Å²) in [5.74, 6) is -0.648. The number of carbonyl (C=O) groups is 1. The molecule has 1 aromatic carbocycles. The second-order valence-corrected chi connectivity index (χ2v) is 3.62. The van der Waals surface area contributed by atoms with Gasteiger partial charge in [-0.25, -0.2) is 4.79 Å². The fraction of sp³-hybridized carbons (Fsp3) is 0.231. The average Bonchev–Trinajstić information content (AvgIpc) is 2.31. The number of ether oxygens (including phenoxy) is 1. The number of nitrogens with zero attached hydrogens (tertiary/aromatic N) is 1. The molecule has 4 nitrogen and oxygen atoms in total. The van der Waals surface area contributed by atoms with E-state index >= 15 is 0 Å². The first kappa shape index (κ1) is 12.8. The van der Waals surface area contributed by atoms with Gasteiger partial charge < -0.3 is 10.1 Å². The van der Waals surface area contributed by atoms with E-state index in [9.17, 15) is 4.79 Å². The van der Waals surface area contributed by atoms with Gasteiger partial charge in [-0.3, -0.25) is 0 Å². The Morgan fingerprint density at radius 1 is 1.47 bits per heavy atom. The van der Waals surface area contributed by atoms with Gasteiger partial charge >= 0.3 is 5.97 Å². The number of aryl methyl sites for hydroxylation is 2. The van der Waals surface area contributed by atoms with Crippen LogP contribution in [0.5, 0.6) is 0 Å². The van der Waals surface area contributed by atoms with Crippen molar-refractivity contribution in [3.05, 3.63) is 41.1 Å². The number of nitriles is 1. The molecule has 0 heterocycles. The van der Waals surface area contributed by atoms with Gasteiger partial charge in [0, 0.05) is 11.9 Å². The number of rotatable bonds is 3. The summed E-state index contributed by atoms with van der Waals surface area (Å²) in [7, 11) is 1.24.